The molecule has 0 radical (unpaired) electrons. The minimum atomic E-state index is -1.11. The Morgan fingerprint density at radius 3 is 2.26 bits per heavy atom. The zero-order valence-corrected chi connectivity index (χ0v) is 21.3. The van der Waals surface area contributed by atoms with Gasteiger partial charge in [-0.2, -0.15) is 0 Å². The molecule has 15 nitrogen and oxygen atoms in total. The minimum Gasteiger partial charge on any atom is -0.379 e. The van der Waals surface area contributed by atoms with Crippen molar-refractivity contribution in [2.45, 2.75) is 18.9 Å². The van der Waals surface area contributed by atoms with Gasteiger partial charge in [-0.25, -0.2) is 0 Å². The number of hydrogen-bond donors (Lipinski definition) is 2. The van der Waals surface area contributed by atoms with Crippen molar-refractivity contribution < 1.29 is 42.9 Å². The summed E-state index contributed by atoms with van der Waals surface area (Å²) < 4.78 is 21.3. The van der Waals surface area contributed by atoms with E-state index in [1.54, 1.807) is 0 Å². The van der Waals surface area contributed by atoms with Crippen LogP contribution in [0.2, 0.25) is 0 Å². The predicted molar refractivity (Wildman–Crippen MR) is 133 cm³/mol. The van der Waals surface area contributed by atoms with Gasteiger partial charge < -0.3 is 24.3 Å². The van der Waals surface area contributed by atoms with E-state index in [1.165, 1.54) is 18.2 Å². The van der Waals surface area contributed by atoms with Crippen LogP contribution < -0.4 is 10.6 Å². The fourth-order valence-electron chi connectivity index (χ4n) is 3.95. The molecule has 1 saturated heterocycles. The standard InChI is InChI=1S/C24H30N6O9/c25-29-27-7-9-37-11-13-39-15-14-38-12-10-36-8-6-26-21(32)16-2-1-3-17-20(16)24(35)30(23(17)34)18-4-5-19(31)28-22(18)33/h1-3,18H,4-15H2,(H,26,32)(H,28,31,33). The molecule has 0 saturated carbocycles. The van der Waals surface area contributed by atoms with E-state index in [0.717, 1.165) is 4.90 Å². The maximum Gasteiger partial charge on any atom is 0.263 e. The fraction of sp³-hybridized carbons (Fsp3) is 0.542. The van der Waals surface area contributed by atoms with E-state index < -0.39 is 35.6 Å². The number of carbonyl (C=O) groups is 5. The highest BCUT2D eigenvalue weighted by molar-refractivity contribution is 6.26. The summed E-state index contributed by atoms with van der Waals surface area (Å²) in [6.07, 6.45) is 0.0373. The van der Waals surface area contributed by atoms with E-state index in [9.17, 15) is 24.0 Å². The monoisotopic (exact) mass is 546 g/mol. The molecular weight excluding hydrogens is 516 g/mol. The van der Waals surface area contributed by atoms with E-state index in [0.29, 0.717) is 46.2 Å². The van der Waals surface area contributed by atoms with Crippen molar-refractivity contribution in [2.24, 2.45) is 5.11 Å². The predicted octanol–water partition coefficient (Wildman–Crippen LogP) is 0.194. The topological polar surface area (TPSA) is 198 Å². The second-order valence-corrected chi connectivity index (χ2v) is 8.34. The van der Waals surface area contributed by atoms with Gasteiger partial charge in [0, 0.05) is 24.4 Å². The Labute approximate surface area is 223 Å². The first kappa shape index (κ1) is 29.7. The molecule has 1 aromatic carbocycles. The number of nitrogens with one attached hydrogen (secondary N) is 2. The summed E-state index contributed by atoms with van der Waals surface area (Å²) in [5.74, 6) is -3.16. The molecular formula is C24H30N6O9. The second kappa shape index (κ2) is 15.5. The van der Waals surface area contributed by atoms with Crippen LogP contribution in [0.3, 0.4) is 0 Å². The van der Waals surface area contributed by atoms with Crippen LogP contribution in [0.1, 0.15) is 43.9 Å². The number of benzene rings is 1. The fourth-order valence-corrected chi connectivity index (χ4v) is 3.95. The molecule has 1 atom stereocenters. The van der Waals surface area contributed by atoms with Crippen molar-refractivity contribution >= 4 is 29.5 Å². The first-order chi connectivity index (χ1) is 19.0. The first-order valence-corrected chi connectivity index (χ1v) is 12.4. The van der Waals surface area contributed by atoms with Crippen LogP contribution in [0.15, 0.2) is 23.3 Å². The summed E-state index contributed by atoms with van der Waals surface area (Å²) in [5.41, 5.74) is 8.12. The number of nitrogens with zero attached hydrogens (tertiary/aromatic N) is 4. The lowest BCUT2D eigenvalue weighted by molar-refractivity contribution is -0.136. The van der Waals surface area contributed by atoms with Crippen molar-refractivity contribution in [3.63, 3.8) is 0 Å². The van der Waals surface area contributed by atoms with Gasteiger partial charge in [-0.05, 0) is 24.1 Å². The van der Waals surface area contributed by atoms with Crippen LogP contribution in [-0.4, -0.2) is 106 Å². The number of hydrogen-bond acceptors (Lipinski definition) is 10. The third-order valence-electron chi connectivity index (χ3n) is 5.76. The Bertz CT molecular complexity index is 1120. The molecule has 210 valence electrons. The van der Waals surface area contributed by atoms with E-state index >= 15 is 0 Å². The maximum atomic E-state index is 13.1. The molecule has 5 amide bonds. The Morgan fingerprint density at radius 2 is 1.62 bits per heavy atom. The number of amides is 5. The summed E-state index contributed by atoms with van der Waals surface area (Å²) in [4.78, 5) is 65.8. The van der Waals surface area contributed by atoms with Gasteiger partial charge >= 0.3 is 0 Å². The summed E-state index contributed by atoms with van der Waals surface area (Å²) in [6, 6.07) is 3.24. The summed E-state index contributed by atoms with van der Waals surface area (Å²) in [7, 11) is 0. The number of rotatable bonds is 17. The van der Waals surface area contributed by atoms with E-state index in [-0.39, 0.29) is 49.2 Å². The third kappa shape index (κ3) is 8.30. The third-order valence-corrected chi connectivity index (χ3v) is 5.76. The molecule has 1 aromatic rings. The smallest absolute Gasteiger partial charge is 0.263 e. The summed E-state index contributed by atoms with van der Waals surface area (Å²) >= 11 is 0. The molecule has 2 aliphatic rings. The Hall–Kier alpha value is -3.88. The second-order valence-electron chi connectivity index (χ2n) is 8.34. The first-order valence-electron chi connectivity index (χ1n) is 12.4. The van der Waals surface area contributed by atoms with Crippen molar-refractivity contribution in [3.8, 4) is 0 Å². The van der Waals surface area contributed by atoms with E-state index in [4.69, 9.17) is 24.5 Å². The number of carbonyl (C=O) groups excluding carboxylic acids is 5. The number of ether oxygens (including phenoxy) is 4. The highest BCUT2D eigenvalue weighted by atomic mass is 16.6. The maximum absolute atomic E-state index is 13.1. The summed E-state index contributed by atoms with van der Waals surface area (Å²) in [5, 5.41) is 8.14. The molecule has 2 heterocycles. The molecule has 3 rings (SSSR count). The van der Waals surface area contributed by atoms with Gasteiger partial charge in [0.05, 0.1) is 69.5 Å². The molecule has 2 aliphatic heterocycles. The molecule has 0 aromatic heterocycles. The Balaban J connectivity index is 1.32. The molecule has 2 N–H and O–H groups in total. The average molecular weight is 547 g/mol. The molecule has 0 aliphatic carbocycles. The zero-order chi connectivity index (χ0) is 28.0. The lowest BCUT2D eigenvalue weighted by Crippen LogP contribution is -2.54. The van der Waals surface area contributed by atoms with Crippen molar-refractivity contribution in [1.29, 1.82) is 0 Å². The van der Waals surface area contributed by atoms with E-state index in [2.05, 4.69) is 20.7 Å². The largest absolute Gasteiger partial charge is 0.379 e. The van der Waals surface area contributed by atoms with Crippen LogP contribution in [0, 0.1) is 0 Å². The Morgan fingerprint density at radius 1 is 0.974 bits per heavy atom. The van der Waals surface area contributed by atoms with E-state index in [1.807, 2.05) is 0 Å². The normalized spacial score (nSPS) is 16.6. The number of fused-ring (bicyclic) bond motifs is 1. The number of imide groups is 2. The molecule has 15 heteroatoms. The van der Waals surface area contributed by atoms with Gasteiger partial charge in [0.1, 0.15) is 6.04 Å². The lowest BCUT2D eigenvalue weighted by atomic mass is 10.0. The van der Waals surface area contributed by atoms with Crippen LogP contribution >= 0.6 is 0 Å². The molecule has 0 spiro atoms. The highest BCUT2D eigenvalue weighted by Crippen LogP contribution is 2.29. The van der Waals surface area contributed by atoms with Crippen molar-refractivity contribution in [1.82, 2.24) is 15.5 Å². The Kier molecular flexibility index (Phi) is 11.8. The molecule has 1 fully saturated rings. The minimum absolute atomic E-state index is 0.00759. The quantitative estimate of drug-likeness (QED) is 0.0900. The van der Waals surface area contributed by atoms with Crippen LogP contribution in [0.5, 0.6) is 0 Å². The van der Waals surface area contributed by atoms with Crippen LogP contribution in [-0.2, 0) is 28.5 Å². The molecule has 1 unspecified atom stereocenters. The van der Waals surface area contributed by atoms with Gasteiger partial charge in [-0.1, -0.05) is 11.2 Å². The van der Waals surface area contributed by atoms with Crippen molar-refractivity contribution in [3.05, 3.63) is 45.3 Å². The van der Waals surface area contributed by atoms with Gasteiger partial charge in [-0.3, -0.25) is 34.2 Å². The number of piperidine rings is 1. The zero-order valence-electron chi connectivity index (χ0n) is 21.3. The molecule has 0 bridgehead atoms. The van der Waals surface area contributed by atoms with Gasteiger partial charge in [0.2, 0.25) is 11.8 Å². The SMILES string of the molecule is [N-]=[N+]=NCCOCCOCCOCCOCCNC(=O)c1cccc2c1C(=O)N(C1CCC(=O)NC1=O)C2=O. The average Bonchev–Trinajstić information content (AvgIpc) is 3.18. The summed E-state index contributed by atoms with van der Waals surface area (Å²) in [6.45, 7) is 3.16. The van der Waals surface area contributed by atoms with Gasteiger partial charge in [0.25, 0.3) is 17.7 Å². The van der Waals surface area contributed by atoms with Crippen molar-refractivity contribution in [2.75, 3.05) is 65.9 Å². The lowest BCUT2D eigenvalue weighted by Gasteiger charge is -2.27. The van der Waals surface area contributed by atoms with Crippen LogP contribution in [0.25, 0.3) is 10.4 Å². The highest BCUT2D eigenvalue weighted by Gasteiger charge is 2.46. The van der Waals surface area contributed by atoms with Gasteiger partial charge in [-0.15, -0.1) is 0 Å². The molecule has 39 heavy (non-hydrogen) atoms. The van der Waals surface area contributed by atoms with Gasteiger partial charge in [0.15, 0.2) is 0 Å². The number of azide groups is 1. The van der Waals surface area contributed by atoms with Crippen LogP contribution in [0.4, 0.5) is 0 Å².